The number of amides is 1. The topological polar surface area (TPSA) is 32.3 Å². The van der Waals surface area contributed by atoms with E-state index in [2.05, 4.69) is 5.32 Å². The highest BCUT2D eigenvalue weighted by atomic mass is 19.4. The summed E-state index contributed by atoms with van der Waals surface area (Å²) < 4.78 is 53.4. The average molecular weight is 388 g/mol. The van der Waals surface area contributed by atoms with Crippen molar-refractivity contribution in [2.24, 2.45) is 11.8 Å². The molecule has 1 N–H and O–H groups in total. The lowest BCUT2D eigenvalue weighted by atomic mass is 9.94. The van der Waals surface area contributed by atoms with Crippen molar-refractivity contribution in [3.8, 4) is 0 Å². The van der Waals surface area contributed by atoms with E-state index in [1.165, 1.54) is 6.07 Å². The van der Waals surface area contributed by atoms with E-state index < -0.39 is 23.6 Å². The fourth-order valence-corrected chi connectivity index (χ4v) is 3.67. The zero-order valence-electron chi connectivity index (χ0n) is 16.2. The first-order chi connectivity index (χ1) is 12.5. The molecule has 1 aliphatic heterocycles. The quantitative estimate of drug-likeness (QED) is 0.722. The van der Waals surface area contributed by atoms with Gasteiger partial charge in [-0.05, 0) is 42.4 Å². The molecule has 1 heterocycles. The zero-order valence-corrected chi connectivity index (χ0v) is 16.2. The number of piperazine rings is 1. The predicted octanol–water partition coefficient (Wildman–Crippen LogP) is 4.61. The van der Waals surface area contributed by atoms with Crippen LogP contribution in [-0.2, 0) is 17.5 Å². The molecular formula is C20H28F4N2O. The van der Waals surface area contributed by atoms with E-state index in [9.17, 15) is 22.4 Å². The Hall–Kier alpha value is -1.63. The molecule has 1 fully saturated rings. The van der Waals surface area contributed by atoms with Crippen LogP contribution < -0.4 is 5.32 Å². The summed E-state index contributed by atoms with van der Waals surface area (Å²) in [5, 5.41) is 3.01. The van der Waals surface area contributed by atoms with E-state index in [-0.39, 0.29) is 30.0 Å². The zero-order chi connectivity index (χ0) is 20.4. The second-order valence-corrected chi connectivity index (χ2v) is 8.21. The standard InChI is InChI=1S/C20H28F4N2O/c1-12(2)7-16-11-26(18(8-13(3)4)19(27)25-16)10-14-5-6-15(21)9-17(14)20(22,23)24/h5-6,9,12-13,16,18H,7-8,10-11H2,1-4H3,(H,25,27)/t16-,18-/m0/s1. The third kappa shape index (κ3) is 5.92. The Morgan fingerprint density at radius 3 is 2.33 bits per heavy atom. The van der Waals surface area contributed by atoms with E-state index in [0.29, 0.717) is 24.9 Å². The van der Waals surface area contributed by atoms with Gasteiger partial charge >= 0.3 is 6.18 Å². The highest BCUT2D eigenvalue weighted by molar-refractivity contribution is 5.82. The van der Waals surface area contributed by atoms with Crippen molar-refractivity contribution >= 4 is 5.91 Å². The molecule has 1 aliphatic rings. The van der Waals surface area contributed by atoms with Gasteiger partial charge in [-0.15, -0.1) is 0 Å². The minimum Gasteiger partial charge on any atom is -0.351 e. The van der Waals surface area contributed by atoms with Crippen molar-refractivity contribution in [1.82, 2.24) is 10.2 Å². The fraction of sp³-hybridized carbons (Fsp3) is 0.650. The molecule has 0 unspecified atom stereocenters. The minimum absolute atomic E-state index is 0.00402. The van der Waals surface area contributed by atoms with Crippen LogP contribution >= 0.6 is 0 Å². The molecule has 0 bridgehead atoms. The lowest BCUT2D eigenvalue weighted by Crippen LogP contribution is -2.60. The molecule has 2 rings (SSSR count). The van der Waals surface area contributed by atoms with E-state index in [4.69, 9.17) is 0 Å². The number of rotatable bonds is 6. The highest BCUT2D eigenvalue weighted by Gasteiger charge is 2.38. The Balaban J connectivity index is 2.32. The van der Waals surface area contributed by atoms with Gasteiger partial charge < -0.3 is 5.32 Å². The average Bonchev–Trinajstić information content (AvgIpc) is 2.50. The van der Waals surface area contributed by atoms with Crippen molar-refractivity contribution in [2.75, 3.05) is 6.54 Å². The van der Waals surface area contributed by atoms with Crippen LogP contribution in [0.5, 0.6) is 0 Å². The molecule has 1 amide bonds. The maximum atomic E-state index is 13.4. The van der Waals surface area contributed by atoms with Crippen LogP contribution in [0.3, 0.4) is 0 Å². The van der Waals surface area contributed by atoms with Gasteiger partial charge in [0.25, 0.3) is 0 Å². The number of nitrogens with zero attached hydrogens (tertiary/aromatic N) is 1. The van der Waals surface area contributed by atoms with E-state index >= 15 is 0 Å². The first-order valence-electron chi connectivity index (χ1n) is 9.37. The van der Waals surface area contributed by atoms with Crippen LogP contribution in [-0.4, -0.2) is 29.4 Å². The Bertz CT molecular complexity index is 658. The molecule has 1 aromatic rings. The summed E-state index contributed by atoms with van der Waals surface area (Å²) in [5.74, 6) is -0.481. The lowest BCUT2D eigenvalue weighted by Gasteiger charge is -2.41. The van der Waals surface area contributed by atoms with Crippen molar-refractivity contribution in [2.45, 2.75) is 65.3 Å². The lowest BCUT2D eigenvalue weighted by molar-refractivity contribution is -0.139. The largest absolute Gasteiger partial charge is 0.416 e. The van der Waals surface area contributed by atoms with Crippen molar-refractivity contribution in [3.63, 3.8) is 0 Å². The van der Waals surface area contributed by atoms with Crippen molar-refractivity contribution in [3.05, 3.63) is 35.1 Å². The first-order valence-corrected chi connectivity index (χ1v) is 9.37. The molecule has 152 valence electrons. The summed E-state index contributed by atoms with van der Waals surface area (Å²) in [6.07, 6.45) is -3.32. The van der Waals surface area contributed by atoms with Crippen LogP contribution in [0.1, 0.15) is 51.7 Å². The van der Waals surface area contributed by atoms with E-state index in [0.717, 1.165) is 12.5 Å². The molecule has 1 aromatic carbocycles. The molecule has 2 atom stereocenters. The van der Waals surface area contributed by atoms with Crippen molar-refractivity contribution < 1.29 is 22.4 Å². The number of halogens is 4. The third-order valence-electron chi connectivity index (χ3n) is 4.75. The monoisotopic (exact) mass is 388 g/mol. The molecule has 27 heavy (non-hydrogen) atoms. The third-order valence-corrected chi connectivity index (χ3v) is 4.75. The van der Waals surface area contributed by atoms with Crippen LogP contribution in [0.25, 0.3) is 0 Å². The van der Waals surface area contributed by atoms with Crippen LogP contribution in [0, 0.1) is 17.7 Å². The van der Waals surface area contributed by atoms with E-state index in [1.54, 1.807) is 0 Å². The number of benzene rings is 1. The summed E-state index contributed by atoms with van der Waals surface area (Å²) in [7, 11) is 0. The number of carbonyl (C=O) groups is 1. The second kappa shape index (κ2) is 8.59. The Labute approximate surface area is 158 Å². The highest BCUT2D eigenvalue weighted by Crippen LogP contribution is 2.34. The number of carbonyl (C=O) groups excluding carboxylic acids is 1. The molecule has 0 aromatic heterocycles. The number of nitrogens with one attached hydrogen (secondary N) is 1. The molecule has 0 radical (unpaired) electrons. The summed E-state index contributed by atoms with van der Waals surface area (Å²) in [6, 6.07) is 2.16. The normalized spacial score (nSPS) is 21.8. The molecule has 1 saturated heterocycles. The second-order valence-electron chi connectivity index (χ2n) is 8.21. The van der Waals surface area contributed by atoms with Gasteiger partial charge in [-0.3, -0.25) is 9.69 Å². The summed E-state index contributed by atoms with van der Waals surface area (Å²) >= 11 is 0. The number of hydrogen-bond donors (Lipinski definition) is 1. The van der Waals surface area contributed by atoms with Crippen LogP contribution in [0.2, 0.25) is 0 Å². The molecule has 0 spiro atoms. The van der Waals surface area contributed by atoms with Gasteiger partial charge in [0.15, 0.2) is 0 Å². The minimum atomic E-state index is -4.64. The van der Waals surface area contributed by atoms with Gasteiger partial charge in [0, 0.05) is 19.1 Å². The molecular weight excluding hydrogens is 360 g/mol. The van der Waals surface area contributed by atoms with Gasteiger partial charge in [0.1, 0.15) is 5.82 Å². The summed E-state index contributed by atoms with van der Waals surface area (Å²) in [5.41, 5.74) is -0.979. The molecule has 0 aliphatic carbocycles. The Kier molecular flexibility index (Phi) is 6.89. The Morgan fingerprint density at radius 1 is 1.15 bits per heavy atom. The molecule has 3 nitrogen and oxygen atoms in total. The van der Waals surface area contributed by atoms with Crippen LogP contribution in [0.4, 0.5) is 17.6 Å². The van der Waals surface area contributed by atoms with Crippen molar-refractivity contribution in [1.29, 1.82) is 0 Å². The van der Waals surface area contributed by atoms with Gasteiger partial charge in [-0.1, -0.05) is 33.8 Å². The van der Waals surface area contributed by atoms with Gasteiger partial charge in [0.2, 0.25) is 5.91 Å². The molecule has 7 heteroatoms. The van der Waals surface area contributed by atoms with Gasteiger partial charge in [-0.2, -0.15) is 13.2 Å². The Morgan fingerprint density at radius 2 is 1.78 bits per heavy atom. The first kappa shape index (κ1) is 21.7. The SMILES string of the molecule is CC(C)C[C@H]1CN(Cc2ccc(F)cc2C(F)(F)F)[C@@H](CC(C)C)C(=O)N1. The van der Waals surface area contributed by atoms with E-state index in [1.807, 2.05) is 32.6 Å². The maximum absolute atomic E-state index is 13.4. The van der Waals surface area contributed by atoms with Crippen LogP contribution in [0.15, 0.2) is 18.2 Å². The van der Waals surface area contributed by atoms with Gasteiger partial charge in [0.05, 0.1) is 11.6 Å². The summed E-state index contributed by atoms with van der Waals surface area (Å²) in [6.45, 7) is 8.48. The maximum Gasteiger partial charge on any atom is 0.416 e. The molecule has 0 saturated carbocycles. The number of alkyl halides is 3. The number of hydrogen-bond acceptors (Lipinski definition) is 2. The smallest absolute Gasteiger partial charge is 0.351 e. The predicted molar refractivity (Wildman–Crippen MR) is 96.4 cm³/mol. The summed E-state index contributed by atoms with van der Waals surface area (Å²) in [4.78, 5) is 14.4. The fourth-order valence-electron chi connectivity index (χ4n) is 3.67. The van der Waals surface area contributed by atoms with Gasteiger partial charge in [-0.25, -0.2) is 4.39 Å².